The van der Waals surface area contributed by atoms with Crippen LogP contribution < -0.4 is 0 Å². The van der Waals surface area contributed by atoms with Gasteiger partial charge in [-0.25, -0.2) is 0 Å². The average Bonchev–Trinajstić information content (AvgIpc) is 2.69. The Morgan fingerprint density at radius 2 is 1.33 bits per heavy atom. The van der Waals surface area contributed by atoms with Gasteiger partial charge < -0.3 is 25.3 Å². The number of fused-ring (bicyclic) bond motifs is 1. The first kappa shape index (κ1) is 15.7. The molecule has 1 aliphatic heterocycles. The summed E-state index contributed by atoms with van der Waals surface area (Å²) < 4.78 is 0. The molecule has 21 heavy (non-hydrogen) atoms. The number of rotatable bonds is 3. The van der Waals surface area contributed by atoms with Crippen molar-refractivity contribution >= 4 is 0 Å². The molecule has 1 heterocycles. The number of piperidine rings is 1. The standard InChI is InChI=1S/C16H29NO4/c18-13-10-15(20)8-12(9-16(15,21)11-14(13)19)4-7-17-5-2-1-3-6-17/h12-14,18-21H,1-11H2. The molecule has 4 unspecified atom stereocenters. The summed E-state index contributed by atoms with van der Waals surface area (Å²) in [5.41, 5.74) is -2.45. The highest BCUT2D eigenvalue weighted by atomic mass is 16.4. The molecule has 3 rings (SSSR count). The molecule has 2 aliphatic carbocycles. The summed E-state index contributed by atoms with van der Waals surface area (Å²) in [5.74, 6) is 0.277. The third-order valence-corrected chi connectivity index (χ3v) is 5.96. The van der Waals surface area contributed by atoms with E-state index in [-0.39, 0.29) is 18.8 Å². The van der Waals surface area contributed by atoms with Gasteiger partial charge in [-0.05, 0) is 57.7 Å². The van der Waals surface area contributed by atoms with Gasteiger partial charge in [0.05, 0.1) is 23.4 Å². The maximum atomic E-state index is 10.7. The minimum absolute atomic E-state index is 0.0882. The molecule has 1 saturated heterocycles. The van der Waals surface area contributed by atoms with E-state index >= 15 is 0 Å². The number of nitrogens with zero attached hydrogens (tertiary/aromatic N) is 1. The molecule has 0 bridgehead atoms. The highest BCUT2D eigenvalue weighted by Gasteiger charge is 2.61. The molecular weight excluding hydrogens is 270 g/mol. The second-order valence-electron chi connectivity index (χ2n) is 7.57. The Morgan fingerprint density at radius 1 is 0.810 bits per heavy atom. The first-order chi connectivity index (χ1) is 9.92. The van der Waals surface area contributed by atoms with E-state index < -0.39 is 23.4 Å². The van der Waals surface area contributed by atoms with Crippen molar-refractivity contribution in [2.45, 2.75) is 74.8 Å². The fourth-order valence-corrected chi connectivity index (χ4v) is 4.67. The van der Waals surface area contributed by atoms with Crippen molar-refractivity contribution in [3.05, 3.63) is 0 Å². The quantitative estimate of drug-likeness (QED) is 0.600. The Balaban J connectivity index is 1.57. The first-order valence-electron chi connectivity index (χ1n) is 8.45. The summed E-state index contributed by atoms with van der Waals surface area (Å²) >= 11 is 0. The van der Waals surface area contributed by atoms with Crippen LogP contribution in [-0.4, -0.2) is 68.4 Å². The molecule has 4 atom stereocenters. The maximum Gasteiger partial charge on any atom is 0.0962 e. The van der Waals surface area contributed by atoms with Crippen LogP contribution in [0.1, 0.15) is 51.4 Å². The average molecular weight is 299 g/mol. The zero-order valence-electron chi connectivity index (χ0n) is 12.7. The molecule has 0 aromatic rings. The number of hydrogen-bond donors (Lipinski definition) is 4. The molecule has 0 aromatic carbocycles. The third-order valence-electron chi connectivity index (χ3n) is 5.96. The number of hydrogen-bond acceptors (Lipinski definition) is 5. The highest BCUT2D eigenvalue weighted by molar-refractivity contribution is 5.13. The van der Waals surface area contributed by atoms with E-state index in [9.17, 15) is 20.4 Å². The lowest BCUT2D eigenvalue weighted by molar-refractivity contribution is -0.205. The van der Waals surface area contributed by atoms with E-state index in [2.05, 4.69) is 4.90 Å². The summed E-state index contributed by atoms with van der Waals surface area (Å²) in [6.07, 6.45) is 4.28. The number of likely N-dealkylation sites (tertiary alicyclic amines) is 1. The molecule has 2 saturated carbocycles. The lowest BCUT2D eigenvalue weighted by Crippen LogP contribution is -2.59. The minimum Gasteiger partial charge on any atom is -0.390 e. The van der Waals surface area contributed by atoms with Crippen molar-refractivity contribution in [1.82, 2.24) is 4.90 Å². The second-order valence-corrected chi connectivity index (χ2v) is 7.57. The number of aliphatic hydroxyl groups is 4. The van der Waals surface area contributed by atoms with Gasteiger partial charge in [-0.2, -0.15) is 0 Å². The van der Waals surface area contributed by atoms with Crippen molar-refractivity contribution < 1.29 is 20.4 Å². The van der Waals surface area contributed by atoms with Gasteiger partial charge in [0.25, 0.3) is 0 Å². The van der Waals surface area contributed by atoms with Gasteiger partial charge in [-0.3, -0.25) is 0 Å². The predicted molar refractivity (Wildman–Crippen MR) is 78.8 cm³/mol. The van der Waals surface area contributed by atoms with Crippen LogP contribution in [0.15, 0.2) is 0 Å². The van der Waals surface area contributed by atoms with Crippen LogP contribution in [0.3, 0.4) is 0 Å². The van der Waals surface area contributed by atoms with Gasteiger partial charge in [0.1, 0.15) is 0 Å². The minimum atomic E-state index is -1.22. The molecule has 3 fully saturated rings. The normalized spacial score (nSPS) is 48.3. The van der Waals surface area contributed by atoms with E-state index in [0.29, 0.717) is 12.8 Å². The van der Waals surface area contributed by atoms with Gasteiger partial charge in [0, 0.05) is 12.8 Å². The third kappa shape index (κ3) is 2.99. The largest absolute Gasteiger partial charge is 0.390 e. The lowest BCUT2D eigenvalue weighted by Gasteiger charge is -2.46. The topological polar surface area (TPSA) is 84.2 Å². The Labute approximate surface area is 126 Å². The van der Waals surface area contributed by atoms with Crippen LogP contribution in [0.2, 0.25) is 0 Å². The predicted octanol–water partition coefficient (Wildman–Crippen LogP) is 0.250. The maximum absolute atomic E-state index is 10.7. The molecule has 5 heteroatoms. The van der Waals surface area contributed by atoms with Crippen LogP contribution in [-0.2, 0) is 0 Å². The molecule has 122 valence electrons. The first-order valence-corrected chi connectivity index (χ1v) is 8.45. The van der Waals surface area contributed by atoms with Gasteiger partial charge in [-0.15, -0.1) is 0 Å². The molecule has 5 nitrogen and oxygen atoms in total. The fraction of sp³-hybridized carbons (Fsp3) is 1.00. The molecule has 0 aromatic heterocycles. The molecular formula is C16H29NO4. The van der Waals surface area contributed by atoms with E-state index in [1.54, 1.807) is 0 Å². The Kier molecular flexibility index (Phi) is 4.32. The molecule has 4 N–H and O–H groups in total. The smallest absolute Gasteiger partial charge is 0.0962 e. The van der Waals surface area contributed by atoms with Crippen molar-refractivity contribution in [2.75, 3.05) is 19.6 Å². The van der Waals surface area contributed by atoms with Crippen LogP contribution >= 0.6 is 0 Å². The van der Waals surface area contributed by atoms with Crippen LogP contribution in [0, 0.1) is 5.92 Å². The van der Waals surface area contributed by atoms with Crippen LogP contribution in [0.25, 0.3) is 0 Å². The van der Waals surface area contributed by atoms with Gasteiger partial charge in [0.15, 0.2) is 0 Å². The summed E-state index contributed by atoms with van der Waals surface area (Å²) in [6, 6.07) is 0. The van der Waals surface area contributed by atoms with Crippen molar-refractivity contribution in [2.24, 2.45) is 5.92 Å². The van der Waals surface area contributed by atoms with Crippen molar-refractivity contribution in [3.63, 3.8) is 0 Å². The van der Waals surface area contributed by atoms with Crippen LogP contribution in [0.4, 0.5) is 0 Å². The Bertz CT molecular complexity index is 349. The monoisotopic (exact) mass is 299 g/mol. The molecule has 0 spiro atoms. The van der Waals surface area contributed by atoms with E-state index in [0.717, 1.165) is 13.0 Å². The zero-order chi connectivity index (χ0) is 15.1. The van der Waals surface area contributed by atoms with E-state index in [4.69, 9.17) is 0 Å². The second kappa shape index (κ2) is 5.78. The van der Waals surface area contributed by atoms with Gasteiger partial charge >= 0.3 is 0 Å². The highest BCUT2D eigenvalue weighted by Crippen LogP contribution is 2.52. The number of aliphatic hydroxyl groups excluding tert-OH is 2. The lowest BCUT2D eigenvalue weighted by atomic mass is 9.71. The SMILES string of the molecule is OC1CC2(O)CC(CCN3CCCCC3)CC2(O)CC1O. The summed E-state index contributed by atoms with van der Waals surface area (Å²) in [7, 11) is 0. The molecule has 0 radical (unpaired) electrons. The fourth-order valence-electron chi connectivity index (χ4n) is 4.67. The van der Waals surface area contributed by atoms with Gasteiger partial charge in [0.2, 0.25) is 0 Å². The van der Waals surface area contributed by atoms with Gasteiger partial charge in [-0.1, -0.05) is 6.42 Å². The Morgan fingerprint density at radius 3 is 1.86 bits per heavy atom. The van der Waals surface area contributed by atoms with E-state index in [1.807, 2.05) is 0 Å². The van der Waals surface area contributed by atoms with E-state index in [1.165, 1.54) is 32.4 Å². The zero-order valence-corrected chi connectivity index (χ0v) is 12.7. The molecule has 0 amide bonds. The Hall–Kier alpha value is -0.200. The molecule has 3 aliphatic rings. The van der Waals surface area contributed by atoms with Crippen molar-refractivity contribution in [1.29, 1.82) is 0 Å². The summed E-state index contributed by atoms with van der Waals surface area (Å²) in [5, 5.41) is 41.1. The van der Waals surface area contributed by atoms with Crippen LogP contribution in [0.5, 0.6) is 0 Å². The summed E-state index contributed by atoms with van der Waals surface area (Å²) in [4.78, 5) is 2.48. The summed E-state index contributed by atoms with van der Waals surface area (Å²) in [6.45, 7) is 3.36. The van der Waals surface area contributed by atoms with Crippen molar-refractivity contribution in [3.8, 4) is 0 Å².